The first-order chi connectivity index (χ1) is 21.2. The fourth-order valence-corrected chi connectivity index (χ4v) is 8.23. The van der Waals surface area contributed by atoms with E-state index in [0.717, 1.165) is 36.4 Å². The van der Waals surface area contributed by atoms with Crippen molar-refractivity contribution < 1.29 is 61.0 Å². The molecule has 7 N–H and O–H groups in total. The van der Waals surface area contributed by atoms with Crippen LogP contribution in [-0.2, 0) is 36.1 Å². The summed E-state index contributed by atoms with van der Waals surface area (Å²) in [6, 6.07) is 1.23. The van der Waals surface area contributed by atoms with Gasteiger partial charge in [0.05, 0.1) is 13.2 Å². The monoisotopic (exact) mass is 707 g/mol. The van der Waals surface area contributed by atoms with Gasteiger partial charge in [-0.1, -0.05) is 90.4 Å². The van der Waals surface area contributed by atoms with Crippen molar-refractivity contribution in [3.8, 4) is 0 Å². The summed E-state index contributed by atoms with van der Waals surface area (Å²) in [5.41, 5.74) is 4.50. The summed E-state index contributed by atoms with van der Waals surface area (Å²) in [6.07, 6.45) is 10.2. The van der Waals surface area contributed by atoms with Crippen molar-refractivity contribution in [3.63, 3.8) is 0 Å². The highest BCUT2D eigenvalue weighted by molar-refractivity contribution is 7.66. The van der Waals surface area contributed by atoms with Gasteiger partial charge >= 0.3 is 29.2 Å². The molecular formula is C25H48N3O14P3. The largest absolute Gasteiger partial charge is 0.490 e. The third-order valence-corrected chi connectivity index (χ3v) is 11.3. The van der Waals surface area contributed by atoms with Crippen LogP contribution >= 0.6 is 23.5 Å². The van der Waals surface area contributed by atoms with Crippen LogP contribution in [0.15, 0.2) is 17.1 Å². The zero-order valence-electron chi connectivity index (χ0n) is 25.5. The predicted octanol–water partition coefficient (Wildman–Crippen LogP) is 4.29. The van der Waals surface area contributed by atoms with Crippen LogP contribution in [0.4, 0.5) is 5.82 Å². The van der Waals surface area contributed by atoms with E-state index in [0.29, 0.717) is 12.8 Å². The van der Waals surface area contributed by atoms with Gasteiger partial charge in [-0.25, -0.2) is 18.5 Å². The molecule has 1 aliphatic rings. The van der Waals surface area contributed by atoms with Gasteiger partial charge in [-0.05, 0) is 12.5 Å². The third-order valence-electron chi connectivity index (χ3n) is 7.03. The lowest BCUT2D eigenvalue weighted by Crippen LogP contribution is -2.36. The SMILES string of the molecule is CCCCCCCCCCCCCCCCOP(=O)(O)OP(=O)(O)OP(=O)(O)OC[C@H]1O[C@@H](n2ccc(N)nc2=O)[C@H](O)[C@@H]1O. The maximum absolute atomic E-state index is 12.2. The third kappa shape index (κ3) is 15.6. The number of phosphoric acid groups is 3. The zero-order chi connectivity index (χ0) is 33.5. The van der Waals surface area contributed by atoms with Crippen molar-refractivity contribution in [3.05, 3.63) is 22.7 Å². The summed E-state index contributed by atoms with van der Waals surface area (Å²) >= 11 is 0. The minimum Gasteiger partial charge on any atom is -0.387 e. The Balaban J connectivity index is 1.64. The maximum Gasteiger partial charge on any atom is 0.490 e. The van der Waals surface area contributed by atoms with Crippen LogP contribution in [0.3, 0.4) is 0 Å². The van der Waals surface area contributed by atoms with Crippen molar-refractivity contribution >= 4 is 29.3 Å². The van der Waals surface area contributed by atoms with Gasteiger partial charge in [0.1, 0.15) is 24.1 Å². The van der Waals surface area contributed by atoms with Gasteiger partial charge in [0.25, 0.3) is 0 Å². The molecule has 45 heavy (non-hydrogen) atoms. The minimum absolute atomic E-state index is 0.106. The summed E-state index contributed by atoms with van der Waals surface area (Å²) < 4.78 is 59.9. The Morgan fingerprint density at radius 1 is 0.800 bits per heavy atom. The molecule has 0 spiro atoms. The summed E-state index contributed by atoms with van der Waals surface area (Å²) in [5.74, 6) is -0.106. The molecule has 20 heteroatoms. The van der Waals surface area contributed by atoms with Gasteiger partial charge in [0.15, 0.2) is 6.23 Å². The predicted molar refractivity (Wildman–Crippen MR) is 163 cm³/mol. The number of nitrogens with zero attached hydrogens (tertiary/aromatic N) is 2. The first kappa shape index (κ1) is 40.1. The maximum atomic E-state index is 12.2. The smallest absolute Gasteiger partial charge is 0.387 e. The first-order valence-corrected chi connectivity index (χ1v) is 19.7. The van der Waals surface area contributed by atoms with E-state index < -0.39 is 60.3 Å². The Hall–Kier alpha value is -1.03. The van der Waals surface area contributed by atoms with E-state index in [-0.39, 0.29) is 12.4 Å². The fourth-order valence-electron chi connectivity index (χ4n) is 4.68. The number of nitrogens with two attached hydrogens (primary N) is 1. The summed E-state index contributed by atoms with van der Waals surface area (Å²) in [4.78, 5) is 44.8. The number of hydrogen-bond donors (Lipinski definition) is 6. The van der Waals surface area contributed by atoms with Gasteiger partial charge in [0, 0.05) is 6.20 Å². The first-order valence-electron chi connectivity index (χ1n) is 15.2. The van der Waals surface area contributed by atoms with E-state index in [1.54, 1.807) is 0 Å². The number of unbranched alkanes of at least 4 members (excludes halogenated alkanes) is 13. The molecule has 1 aromatic rings. The molecular weight excluding hydrogens is 659 g/mol. The molecule has 0 aromatic carbocycles. The number of aromatic nitrogens is 2. The molecule has 1 fully saturated rings. The lowest BCUT2D eigenvalue weighted by Gasteiger charge is -2.20. The van der Waals surface area contributed by atoms with Crippen molar-refractivity contribution in [2.24, 2.45) is 0 Å². The minimum atomic E-state index is -5.68. The number of nitrogen functional groups attached to an aromatic ring is 1. The molecule has 0 bridgehead atoms. The van der Waals surface area contributed by atoms with Crippen LogP contribution in [0.5, 0.6) is 0 Å². The van der Waals surface area contributed by atoms with Gasteiger partial charge in [-0.15, -0.1) is 0 Å². The number of anilines is 1. The average molecular weight is 708 g/mol. The van der Waals surface area contributed by atoms with Crippen LogP contribution < -0.4 is 11.4 Å². The number of rotatable bonds is 24. The molecule has 0 radical (unpaired) electrons. The summed E-state index contributed by atoms with van der Waals surface area (Å²) in [6.45, 7) is 0.956. The molecule has 0 amide bonds. The number of hydrogen-bond acceptors (Lipinski definition) is 13. The van der Waals surface area contributed by atoms with E-state index in [4.69, 9.17) is 10.5 Å². The Bertz CT molecular complexity index is 1220. The zero-order valence-corrected chi connectivity index (χ0v) is 28.2. The number of aliphatic hydroxyl groups is 2. The van der Waals surface area contributed by atoms with Crippen LogP contribution in [0.25, 0.3) is 0 Å². The van der Waals surface area contributed by atoms with E-state index in [9.17, 15) is 43.4 Å². The van der Waals surface area contributed by atoms with E-state index in [1.165, 1.54) is 57.4 Å². The molecule has 0 aliphatic carbocycles. The van der Waals surface area contributed by atoms with Crippen molar-refractivity contribution in [2.45, 2.75) is 121 Å². The molecule has 7 atom stereocenters. The van der Waals surface area contributed by atoms with Crippen molar-refractivity contribution in [1.82, 2.24) is 9.55 Å². The number of aliphatic hydroxyl groups excluding tert-OH is 2. The van der Waals surface area contributed by atoms with E-state index in [1.807, 2.05) is 0 Å². The standard InChI is InChI=1S/C25H48N3O14P3/c1-2-3-4-5-6-7-8-9-10-11-12-13-14-15-18-38-43(32,33)41-45(36,37)42-44(34,35)39-19-20-22(29)23(30)24(40-20)28-17-16-21(26)27-25(28)31/h16-17,20,22-24,29-30H,2-15,18-19H2,1H3,(H,32,33)(H,34,35)(H,36,37)(H2,26,27,31)/t20-,22-,23-,24-/m1/s1. The highest BCUT2D eigenvalue weighted by atomic mass is 31.3. The fraction of sp³-hybridized carbons (Fsp3) is 0.840. The van der Waals surface area contributed by atoms with Crippen molar-refractivity contribution in [2.75, 3.05) is 18.9 Å². The molecule has 17 nitrogen and oxygen atoms in total. The van der Waals surface area contributed by atoms with Crippen LogP contribution in [0.1, 0.15) is 103 Å². The molecule has 3 unspecified atom stereocenters. The Morgan fingerprint density at radius 2 is 1.29 bits per heavy atom. The Morgan fingerprint density at radius 3 is 1.80 bits per heavy atom. The number of phosphoric ester groups is 2. The van der Waals surface area contributed by atoms with E-state index >= 15 is 0 Å². The molecule has 2 heterocycles. The molecule has 2 rings (SSSR count). The van der Waals surface area contributed by atoms with Crippen molar-refractivity contribution in [1.29, 1.82) is 0 Å². The summed E-state index contributed by atoms with van der Waals surface area (Å²) in [5, 5.41) is 20.4. The normalized spacial score (nSPS) is 24.2. The average Bonchev–Trinajstić information content (AvgIpc) is 3.21. The Labute approximate surface area is 262 Å². The van der Waals surface area contributed by atoms with Crippen LogP contribution in [-0.4, -0.2) is 66.0 Å². The lowest BCUT2D eigenvalue weighted by atomic mass is 10.0. The second kappa shape index (κ2) is 19.7. The summed E-state index contributed by atoms with van der Waals surface area (Å²) in [7, 11) is -16.3. The van der Waals surface area contributed by atoms with Crippen LogP contribution in [0.2, 0.25) is 0 Å². The molecule has 0 saturated carbocycles. The second-order valence-corrected chi connectivity index (χ2v) is 15.5. The quantitative estimate of drug-likeness (QED) is 0.0646. The molecule has 1 saturated heterocycles. The van der Waals surface area contributed by atoms with Gasteiger partial charge < -0.3 is 35.4 Å². The topological polar surface area (TPSA) is 259 Å². The lowest BCUT2D eigenvalue weighted by molar-refractivity contribution is -0.0541. The van der Waals surface area contributed by atoms with Gasteiger partial charge in [-0.3, -0.25) is 13.6 Å². The van der Waals surface area contributed by atoms with Gasteiger partial charge in [0.2, 0.25) is 0 Å². The number of ether oxygens (including phenoxy) is 1. The van der Waals surface area contributed by atoms with E-state index in [2.05, 4.69) is 29.6 Å². The van der Waals surface area contributed by atoms with Crippen LogP contribution in [0, 0.1) is 0 Å². The van der Waals surface area contributed by atoms with Gasteiger partial charge in [-0.2, -0.15) is 13.6 Å². The molecule has 262 valence electrons. The highest BCUT2D eigenvalue weighted by Gasteiger charge is 2.47. The highest BCUT2D eigenvalue weighted by Crippen LogP contribution is 2.67. The Kier molecular flexibility index (Phi) is 17.6. The second-order valence-electron chi connectivity index (χ2n) is 10.9. The molecule has 1 aromatic heterocycles. The molecule has 1 aliphatic heterocycles.